The van der Waals surface area contributed by atoms with Gasteiger partial charge in [0.05, 0.1) is 24.1 Å². The van der Waals surface area contributed by atoms with Crippen molar-refractivity contribution < 1.29 is 9.13 Å². The number of hydrogen-bond donors (Lipinski definition) is 1. The van der Waals surface area contributed by atoms with Crippen molar-refractivity contribution in [3.63, 3.8) is 0 Å². The smallest absolute Gasteiger partial charge is 0.173 e. The predicted molar refractivity (Wildman–Crippen MR) is 59.7 cm³/mol. The molecule has 2 N–H and O–H groups in total. The van der Waals surface area contributed by atoms with E-state index in [2.05, 4.69) is 0 Å². The van der Waals surface area contributed by atoms with E-state index in [1.165, 1.54) is 12.1 Å². The molecule has 0 saturated heterocycles. The van der Waals surface area contributed by atoms with E-state index in [0.29, 0.717) is 12.2 Å². The summed E-state index contributed by atoms with van der Waals surface area (Å²) in [5, 5.41) is 8.67. The fourth-order valence-electron chi connectivity index (χ4n) is 1.29. The van der Waals surface area contributed by atoms with Gasteiger partial charge in [-0.2, -0.15) is 5.26 Å². The minimum atomic E-state index is -0.558. The van der Waals surface area contributed by atoms with Gasteiger partial charge in [-0.05, 0) is 24.6 Å². The van der Waals surface area contributed by atoms with Crippen LogP contribution in [0.1, 0.15) is 24.9 Å². The number of nitrogens with two attached hydrogens (primary N) is 1. The summed E-state index contributed by atoms with van der Waals surface area (Å²) < 4.78 is 18.6. The number of halogens is 2. The third-order valence-corrected chi connectivity index (χ3v) is 2.33. The van der Waals surface area contributed by atoms with Gasteiger partial charge in [0.15, 0.2) is 11.6 Å². The standard InChI is InChI=1S/C11H12ClFN2O/c1-2-16-11-8(12)5-7(6-9(11)13)10(15)3-4-14/h5-6,10H,2-3,15H2,1H3/t10-/m0/s1. The summed E-state index contributed by atoms with van der Waals surface area (Å²) in [6.45, 7) is 2.07. The molecule has 1 aromatic rings. The quantitative estimate of drug-likeness (QED) is 0.883. The highest BCUT2D eigenvalue weighted by molar-refractivity contribution is 6.32. The predicted octanol–water partition coefficient (Wildman–Crippen LogP) is 2.79. The maximum Gasteiger partial charge on any atom is 0.173 e. The first-order valence-corrected chi connectivity index (χ1v) is 5.22. The molecule has 0 radical (unpaired) electrons. The lowest BCUT2D eigenvalue weighted by atomic mass is 10.1. The number of benzene rings is 1. The van der Waals surface area contributed by atoms with Crippen molar-refractivity contribution in [3.8, 4) is 11.8 Å². The SMILES string of the molecule is CCOc1c(F)cc([C@@H](N)CC#N)cc1Cl. The minimum Gasteiger partial charge on any atom is -0.489 e. The van der Waals surface area contributed by atoms with Crippen LogP contribution in [0.3, 0.4) is 0 Å². The Labute approximate surface area is 98.6 Å². The molecule has 86 valence electrons. The number of nitriles is 1. The summed E-state index contributed by atoms with van der Waals surface area (Å²) in [7, 11) is 0. The Kier molecular flexibility index (Phi) is 4.53. The zero-order chi connectivity index (χ0) is 12.1. The van der Waals surface area contributed by atoms with E-state index in [1.807, 2.05) is 6.07 Å². The van der Waals surface area contributed by atoms with Crippen molar-refractivity contribution in [2.75, 3.05) is 6.61 Å². The molecular formula is C11H12ClFN2O. The van der Waals surface area contributed by atoms with Gasteiger partial charge >= 0.3 is 0 Å². The van der Waals surface area contributed by atoms with Crippen LogP contribution < -0.4 is 10.5 Å². The van der Waals surface area contributed by atoms with E-state index < -0.39 is 11.9 Å². The lowest BCUT2D eigenvalue weighted by Crippen LogP contribution is -2.10. The Morgan fingerprint density at radius 1 is 1.62 bits per heavy atom. The summed E-state index contributed by atoms with van der Waals surface area (Å²) in [6.07, 6.45) is 0.115. The number of hydrogen-bond acceptors (Lipinski definition) is 3. The topological polar surface area (TPSA) is 59.0 Å². The molecule has 0 aliphatic carbocycles. The van der Waals surface area contributed by atoms with Crippen LogP contribution in [0.15, 0.2) is 12.1 Å². The maximum absolute atomic E-state index is 13.6. The summed E-state index contributed by atoms with van der Waals surface area (Å²) in [4.78, 5) is 0. The van der Waals surface area contributed by atoms with E-state index in [-0.39, 0.29) is 17.2 Å². The van der Waals surface area contributed by atoms with Crippen molar-refractivity contribution in [1.29, 1.82) is 5.26 Å². The van der Waals surface area contributed by atoms with Crippen molar-refractivity contribution in [2.45, 2.75) is 19.4 Å². The van der Waals surface area contributed by atoms with E-state index >= 15 is 0 Å². The molecule has 0 aliphatic heterocycles. The molecule has 0 bridgehead atoms. The fraction of sp³-hybridized carbons (Fsp3) is 0.364. The van der Waals surface area contributed by atoms with Crippen molar-refractivity contribution in [3.05, 3.63) is 28.5 Å². The van der Waals surface area contributed by atoms with Gasteiger partial charge in [-0.25, -0.2) is 4.39 Å². The summed E-state index contributed by atoms with van der Waals surface area (Å²) in [6, 6.07) is 4.16. The third kappa shape index (κ3) is 2.84. The molecule has 16 heavy (non-hydrogen) atoms. The lowest BCUT2D eigenvalue weighted by molar-refractivity contribution is 0.321. The minimum absolute atomic E-state index is 0.0251. The van der Waals surface area contributed by atoms with E-state index in [9.17, 15) is 4.39 Å². The summed E-state index contributed by atoms with van der Waals surface area (Å²) in [5.74, 6) is -0.533. The summed E-state index contributed by atoms with van der Waals surface area (Å²) >= 11 is 5.85. The van der Waals surface area contributed by atoms with Crippen LogP contribution in [0.2, 0.25) is 5.02 Å². The van der Waals surface area contributed by atoms with Crippen LogP contribution >= 0.6 is 11.6 Å². The molecule has 1 rings (SSSR count). The van der Waals surface area contributed by atoms with E-state index in [1.54, 1.807) is 6.92 Å². The number of rotatable bonds is 4. The Hall–Kier alpha value is -1.31. The Morgan fingerprint density at radius 2 is 2.31 bits per heavy atom. The third-order valence-electron chi connectivity index (χ3n) is 2.05. The van der Waals surface area contributed by atoms with Crippen LogP contribution in [-0.4, -0.2) is 6.61 Å². The first kappa shape index (κ1) is 12.8. The molecule has 0 amide bonds. The normalized spacial score (nSPS) is 11.9. The van der Waals surface area contributed by atoms with Gasteiger partial charge in [-0.15, -0.1) is 0 Å². The Bertz CT molecular complexity index is 394. The first-order valence-electron chi connectivity index (χ1n) is 4.84. The highest BCUT2D eigenvalue weighted by atomic mass is 35.5. The average Bonchev–Trinajstić information content (AvgIpc) is 2.23. The molecule has 0 spiro atoms. The molecule has 5 heteroatoms. The van der Waals surface area contributed by atoms with Crippen molar-refractivity contribution in [1.82, 2.24) is 0 Å². The highest BCUT2D eigenvalue weighted by Crippen LogP contribution is 2.31. The van der Waals surface area contributed by atoms with Gasteiger partial charge in [-0.3, -0.25) is 0 Å². The molecule has 0 fully saturated rings. The second-order valence-corrected chi connectivity index (χ2v) is 3.62. The van der Waals surface area contributed by atoms with Crippen LogP contribution in [0, 0.1) is 17.1 Å². The molecule has 0 unspecified atom stereocenters. The second kappa shape index (κ2) is 5.69. The van der Waals surface area contributed by atoms with Gasteiger partial charge in [0.1, 0.15) is 0 Å². The largest absolute Gasteiger partial charge is 0.489 e. The van der Waals surface area contributed by atoms with Crippen LogP contribution in [0.4, 0.5) is 4.39 Å². The second-order valence-electron chi connectivity index (χ2n) is 3.22. The van der Waals surface area contributed by atoms with Crippen molar-refractivity contribution in [2.24, 2.45) is 5.73 Å². The van der Waals surface area contributed by atoms with E-state index in [0.717, 1.165) is 0 Å². The molecule has 1 aromatic carbocycles. The lowest BCUT2D eigenvalue weighted by Gasteiger charge is -2.12. The van der Waals surface area contributed by atoms with Crippen LogP contribution in [-0.2, 0) is 0 Å². The van der Waals surface area contributed by atoms with Crippen LogP contribution in [0.5, 0.6) is 5.75 Å². The zero-order valence-corrected chi connectivity index (χ0v) is 9.59. The average molecular weight is 243 g/mol. The fourth-order valence-corrected chi connectivity index (χ4v) is 1.56. The highest BCUT2D eigenvalue weighted by Gasteiger charge is 2.14. The zero-order valence-electron chi connectivity index (χ0n) is 8.84. The number of nitrogens with zero attached hydrogens (tertiary/aromatic N) is 1. The van der Waals surface area contributed by atoms with Gasteiger partial charge in [0.25, 0.3) is 0 Å². The first-order chi connectivity index (χ1) is 7.60. The molecule has 0 saturated carbocycles. The molecule has 0 aromatic heterocycles. The van der Waals surface area contributed by atoms with Gasteiger partial charge < -0.3 is 10.5 Å². The van der Waals surface area contributed by atoms with Gasteiger partial charge in [-0.1, -0.05) is 11.6 Å². The molecule has 1 atom stereocenters. The van der Waals surface area contributed by atoms with Gasteiger partial charge in [0.2, 0.25) is 0 Å². The summed E-state index contributed by atoms with van der Waals surface area (Å²) in [5.41, 5.74) is 6.17. The van der Waals surface area contributed by atoms with Crippen LogP contribution in [0.25, 0.3) is 0 Å². The molecular weight excluding hydrogens is 231 g/mol. The van der Waals surface area contributed by atoms with Gasteiger partial charge in [0, 0.05) is 6.04 Å². The van der Waals surface area contributed by atoms with E-state index in [4.69, 9.17) is 27.3 Å². The van der Waals surface area contributed by atoms with Crippen molar-refractivity contribution >= 4 is 11.6 Å². The molecule has 3 nitrogen and oxygen atoms in total. The Balaban J connectivity index is 3.05. The number of ether oxygens (including phenoxy) is 1. The maximum atomic E-state index is 13.6. The monoisotopic (exact) mass is 242 g/mol. The Morgan fingerprint density at radius 3 is 2.81 bits per heavy atom. The molecule has 0 aliphatic rings. The molecule has 0 heterocycles.